The smallest absolute Gasteiger partial charge is 0.0685 e. The lowest BCUT2D eigenvalue weighted by atomic mass is 9.57. The highest BCUT2D eigenvalue weighted by Crippen LogP contribution is 2.52. The summed E-state index contributed by atoms with van der Waals surface area (Å²) in [4.78, 5) is 4.43. The highest BCUT2D eigenvalue weighted by Gasteiger charge is 2.59. The summed E-state index contributed by atoms with van der Waals surface area (Å²) in [6.07, 6.45) is 3.51. The Labute approximate surface area is 109 Å². The molecular formula is C15H22N2O. The third kappa shape index (κ3) is 1.77. The molecule has 1 saturated carbocycles. The van der Waals surface area contributed by atoms with Crippen molar-refractivity contribution < 1.29 is 4.74 Å². The van der Waals surface area contributed by atoms with E-state index in [9.17, 15) is 0 Å². The fraction of sp³-hybridized carbons (Fsp3) is 0.667. The molecule has 98 valence electrons. The van der Waals surface area contributed by atoms with Crippen LogP contribution in [0.4, 0.5) is 0 Å². The molecule has 1 aromatic heterocycles. The van der Waals surface area contributed by atoms with Gasteiger partial charge in [-0.25, -0.2) is 0 Å². The number of nitrogens with one attached hydrogen (secondary N) is 1. The summed E-state index contributed by atoms with van der Waals surface area (Å²) in [7, 11) is 0. The van der Waals surface area contributed by atoms with Crippen molar-refractivity contribution in [3.8, 4) is 0 Å². The molecule has 0 bridgehead atoms. The summed E-state index contributed by atoms with van der Waals surface area (Å²) in [5, 5.41) is 3.75. The summed E-state index contributed by atoms with van der Waals surface area (Å²) in [5.41, 5.74) is 1.36. The first-order valence-electron chi connectivity index (χ1n) is 6.89. The lowest BCUT2D eigenvalue weighted by Crippen LogP contribution is -2.66. The highest BCUT2D eigenvalue weighted by atomic mass is 16.5. The number of rotatable bonds is 3. The molecule has 0 aromatic carbocycles. The van der Waals surface area contributed by atoms with Crippen molar-refractivity contribution in [3.05, 3.63) is 30.1 Å². The van der Waals surface area contributed by atoms with Gasteiger partial charge in [-0.3, -0.25) is 4.98 Å². The molecule has 2 fully saturated rings. The van der Waals surface area contributed by atoms with Crippen molar-refractivity contribution in [2.45, 2.75) is 45.4 Å². The number of hydrogen-bond acceptors (Lipinski definition) is 3. The van der Waals surface area contributed by atoms with Gasteiger partial charge in [-0.2, -0.15) is 0 Å². The molecule has 4 unspecified atom stereocenters. The average molecular weight is 246 g/mol. The number of nitrogens with zero attached hydrogens (tertiary/aromatic N) is 1. The van der Waals surface area contributed by atoms with Gasteiger partial charge < -0.3 is 10.1 Å². The van der Waals surface area contributed by atoms with Gasteiger partial charge in [0, 0.05) is 36.2 Å². The second-order valence-electron chi connectivity index (χ2n) is 6.19. The van der Waals surface area contributed by atoms with Crippen molar-refractivity contribution in [2.24, 2.45) is 11.3 Å². The molecule has 0 amide bonds. The maximum atomic E-state index is 5.83. The minimum absolute atomic E-state index is 0.240. The van der Waals surface area contributed by atoms with Crippen molar-refractivity contribution in [2.75, 3.05) is 6.61 Å². The zero-order chi connectivity index (χ0) is 12.8. The molecule has 1 aliphatic carbocycles. The van der Waals surface area contributed by atoms with Crippen molar-refractivity contribution in [1.82, 2.24) is 10.3 Å². The molecule has 3 rings (SSSR count). The van der Waals surface area contributed by atoms with Gasteiger partial charge in [-0.15, -0.1) is 0 Å². The van der Waals surface area contributed by atoms with Crippen LogP contribution in [0, 0.1) is 11.3 Å². The topological polar surface area (TPSA) is 34.1 Å². The molecule has 1 N–H and O–H groups in total. The Morgan fingerprint density at radius 3 is 3.00 bits per heavy atom. The first-order chi connectivity index (χ1) is 8.60. The van der Waals surface area contributed by atoms with Crippen LogP contribution < -0.4 is 5.32 Å². The van der Waals surface area contributed by atoms with Gasteiger partial charge in [-0.05, 0) is 25.5 Å². The van der Waals surface area contributed by atoms with E-state index in [2.05, 4.69) is 37.1 Å². The predicted octanol–water partition coefficient (Wildman–Crippen LogP) is 2.55. The molecule has 1 saturated heterocycles. The third-order valence-electron chi connectivity index (χ3n) is 4.66. The van der Waals surface area contributed by atoms with Gasteiger partial charge in [0.05, 0.1) is 11.8 Å². The Balaban J connectivity index is 1.70. The number of fused-ring (bicyclic) bond motifs is 1. The summed E-state index contributed by atoms with van der Waals surface area (Å²) in [6.45, 7) is 7.74. The van der Waals surface area contributed by atoms with Crippen LogP contribution in [-0.4, -0.2) is 23.7 Å². The number of aromatic nitrogens is 1. The lowest BCUT2D eigenvalue weighted by molar-refractivity contribution is -0.115. The fourth-order valence-electron chi connectivity index (χ4n) is 3.65. The molecule has 3 heteroatoms. The first-order valence-corrected chi connectivity index (χ1v) is 6.89. The van der Waals surface area contributed by atoms with Gasteiger partial charge in [0.25, 0.3) is 0 Å². The number of pyridine rings is 1. The number of hydrogen-bond donors (Lipinski definition) is 1. The predicted molar refractivity (Wildman–Crippen MR) is 71.2 cm³/mol. The summed E-state index contributed by atoms with van der Waals surface area (Å²) in [5.74, 6) is 0.686. The van der Waals surface area contributed by atoms with E-state index in [1.807, 2.05) is 18.3 Å². The minimum atomic E-state index is 0.240. The van der Waals surface area contributed by atoms with Crippen LogP contribution in [0.25, 0.3) is 0 Å². The van der Waals surface area contributed by atoms with Crippen LogP contribution in [0.3, 0.4) is 0 Å². The molecule has 1 aliphatic heterocycles. The molecule has 3 nitrogen and oxygen atoms in total. The standard InChI is InChI=1S/C15H22N2O/c1-10(12-6-4-5-8-16-12)17-13-11-7-9-18-14(11)15(13,2)3/h4-6,8,10-11,13-14,17H,7,9H2,1-3H3. The Kier molecular flexibility index (Phi) is 2.91. The van der Waals surface area contributed by atoms with E-state index in [0.717, 1.165) is 12.3 Å². The molecule has 2 heterocycles. The Morgan fingerprint density at radius 1 is 1.44 bits per heavy atom. The van der Waals surface area contributed by atoms with E-state index in [1.165, 1.54) is 6.42 Å². The van der Waals surface area contributed by atoms with Crippen LogP contribution in [0.5, 0.6) is 0 Å². The second-order valence-corrected chi connectivity index (χ2v) is 6.19. The molecule has 18 heavy (non-hydrogen) atoms. The normalized spacial score (nSPS) is 34.7. The Morgan fingerprint density at radius 2 is 2.28 bits per heavy atom. The van der Waals surface area contributed by atoms with Crippen molar-refractivity contribution in [1.29, 1.82) is 0 Å². The maximum absolute atomic E-state index is 5.83. The second kappa shape index (κ2) is 4.32. The monoisotopic (exact) mass is 246 g/mol. The van der Waals surface area contributed by atoms with Crippen LogP contribution in [0.15, 0.2) is 24.4 Å². The van der Waals surface area contributed by atoms with Crippen molar-refractivity contribution >= 4 is 0 Å². The Hall–Kier alpha value is -0.930. The van der Waals surface area contributed by atoms with Crippen LogP contribution in [-0.2, 0) is 4.74 Å². The van der Waals surface area contributed by atoms with Crippen LogP contribution >= 0.6 is 0 Å². The third-order valence-corrected chi connectivity index (χ3v) is 4.66. The fourth-order valence-corrected chi connectivity index (χ4v) is 3.65. The summed E-state index contributed by atoms with van der Waals surface area (Å²) in [6, 6.07) is 6.95. The van der Waals surface area contributed by atoms with Gasteiger partial charge in [0.2, 0.25) is 0 Å². The maximum Gasteiger partial charge on any atom is 0.0685 e. The minimum Gasteiger partial charge on any atom is -0.377 e. The van der Waals surface area contributed by atoms with E-state index < -0.39 is 0 Å². The molecule has 1 aromatic rings. The molecule has 0 radical (unpaired) electrons. The number of ether oxygens (including phenoxy) is 1. The largest absolute Gasteiger partial charge is 0.377 e. The quantitative estimate of drug-likeness (QED) is 0.890. The Bertz CT molecular complexity index is 418. The zero-order valence-corrected chi connectivity index (χ0v) is 11.4. The zero-order valence-electron chi connectivity index (χ0n) is 11.4. The van der Waals surface area contributed by atoms with E-state index in [0.29, 0.717) is 24.1 Å². The molecule has 0 spiro atoms. The van der Waals surface area contributed by atoms with Gasteiger partial charge in [0.15, 0.2) is 0 Å². The van der Waals surface area contributed by atoms with Crippen LogP contribution in [0.2, 0.25) is 0 Å². The summed E-state index contributed by atoms with van der Waals surface area (Å²) >= 11 is 0. The SMILES string of the molecule is CC(NC1C2CCOC2C1(C)C)c1ccccn1. The van der Waals surface area contributed by atoms with E-state index in [1.54, 1.807) is 0 Å². The van der Waals surface area contributed by atoms with Crippen molar-refractivity contribution in [3.63, 3.8) is 0 Å². The van der Waals surface area contributed by atoms with Gasteiger partial charge in [-0.1, -0.05) is 19.9 Å². The molecule has 4 atom stereocenters. The summed E-state index contributed by atoms with van der Waals surface area (Å²) < 4.78 is 5.83. The average Bonchev–Trinajstić information content (AvgIpc) is 2.83. The molecular weight excluding hydrogens is 224 g/mol. The van der Waals surface area contributed by atoms with Gasteiger partial charge in [0.1, 0.15) is 0 Å². The molecule has 2 aliphatic rings. The van der Waals surface area contributed by atoms with Gasteiger partial charge >= 0.3 is 0 Å². The highest BCUT2D eigenvalue weighted by molar-refractivity contribution is 5.14. The van der Waals surface area contributed by atoms with E-state index >= 15 is 0 Å². The van der Waals surface area contributed by atoms with E-state index in [4.69, 9.17) is 4.74 Å². The first kappa shape index (κ1) is 12.1. The van der Waals surface area contributed by atoms with E-state index in [-0.39, 0.29) is 5.41 Å². The lowest BCUT2D eigenvalue weighted by Gasteiger charge is -2.55. The van der Waals surface area contributed by atoms with Crippen LogP contribution in [0.1, 0.15) is 38.9 Å².